The summed E-state index contributed by atoms with van der Waals surface area (Å²) < 4.78 is 0. The number of hydrogen-bond donors (Lipinski definition) is 1. The topological polar surface area (TPSA) is 59.2 Å². The van der Waals surface area contributed by atoms with Gasteiger partial charge in [0.2, 0.25) is 5.91 Å². The molecule has 0 fully saturated rings. The van der Waals surface area contributed by atoms with Gasteiger partial charge in [0, 0.05) is 11.9 Å². The first-order valence-corrected chi connectivity index (χ1v) is 5.30. The Balaban J connectivity index is 2.62. The quantitative estimate of drug-likeness (QED) is 0.806. The van der Waals surface area contributed by atoms with Gasteiger partial charge in [0.15, 0.2) is 0 Å². The lowest BCUT2D eigenvalue weighted by molar-refractivity contribution is -0.131. The van der Waals surface area contributed by atoms with Crippen LogP contribution in [0.5, 0.6) is 0 Å². The van der Waals surface area contributed by atoms with Crippen molar-refractivity contribution in [3.63, 3.8) is 0 Å². The molecular weight excluding hydrogens is 198 g/mol. The predicted molar refractivity (Wildman–Crippen MR) is 57.0 cm³/mol. The fraction of sp³-hybridized carbons (Fsp3) is 0.556. The second-order valence-corrected chi connectivity index (χ2v) is 4.28. The van der Waals surface area contributed by atoms with Crippen molar-refractivity contribution in [2.75, 3.05) is 7.05 Å². The molecule has 0 radical (unpaired) electrons. The summed E-state index contributed by atoms with van der Waals surface area (Å²) in [6.07, 6.45) is 0. The molecule has 0 saturated heterocycles. The highest BCUT2D eigenvalue weighted by atomic mass is 32.1. The maximum absolute atomic E-state index is 11.5. The summed E-state index contributed by atoms with van der Waals surface area (Å²) in [5.74, 6) is -0.0437. The monoisotopic (exact) mass is 213 g/mol. The standard InChI is InChI=1S/C9H15N3OS/c1-6(10)9(13)12(3)4-8-7(2)11-5-14-8/h5-6H,4,10H2,1-3H3/t6-/m1/s1. The molecule has 0 spiro atoms. The SMILES string of the molecule is Cc1ncsc1CN(C)C(=O)[C@@H](C)N. The van der Waals surface area contributed by atoms with Gasteiger partial charge in [-0.3, -0.25) is 4.79 Å². The summed E-state index contributed by atoms with van der Waals surface area (Å²) in [5, 5.41) is 0. The molecule has 4 nitrogen and oxygen atoms in total. The van der Waals surface area contributed by atoms with Crippen molar-refractivity contribution in [2.45, 2.75) is 26.4 Å². The summed E-state index contributed by atoms with van der Waals surface area (Å²) in [5.41, 5.74) is 8.27. The Morgan fingerprint density at radius 3 is 2.86 bits per heavy atom. The fourth-order valence-corrected chi connectivity index (χ4v) is 1.95. The van der Waals surface area contributed by atoms with Gasteiger partial charge in [0.1, 0.15) is 0 Å². The van der Waals surface area contributed by atoms with Gasteiger partial charge in [-0.2, -0.15) is 0 Å². The first kappa shape index (κ1) is 11.1. The van der Waals surface area contributed by atoms with Gasteiger partial charge in [0.25, 0.3) is 0 Å². The zero-order chi connectivity index (χ0) is 10.7. The van der Waals surface area contributed by atoms with Crippen molar-refractivity contribution in [1.82, 2.24) is 9.88 Å². The zero-order valence-corrected chi connectivity index (χ0v) is 9.47. The molecule has 0 aromatic carbocycles. The number of rotatable bonds is 3. The molecule has 1 heterocycles. The average Bonchev–Trinajstić information content (AvgIpc) is 2.50. The maximum atomic E-state index is 11.5. The van der Waals surface area contributed by atoms with Crippen LogP contribution in [0.4, 0.5) is 0 Å². The van der Waals surface area contributed by atoms with Crippen LogP contribution in [0.15, 0.2) is 5.51 Å². The van der Waals surface area contributed by atoms with E-state index in [1.54, 1.807) is 35.7 Å². The van der Waals surface area contributed by atoms with E-state index in [0.29, 0.717) is 6.54 Å². The lowest BCUT2D eigenvalue weighted by atomic mass is 10.3. The minimum atomic E-state index is -0.437. The third-order valence-corrected chi connectivity index (χ3v) is 2.91. The summed E-state index contributed by atoms with van der Waals surface area (Å²) in [7, 11) is 1.75. The minimum Gasteiger partial charge on any atom is -0.339 e. The van der Waals surface area contributed by atoms with Crippen molar-refractivity contribution in [3.05, 3.63) is 16.1 Å². The first-order chi connectivity index (χ1) is 6.52. The zero-order valence-electron chi connectivity index (χ0n) is 8.65. The summed E-state index contributed by atoms with van der Waals surface area (Å²) >= 11 is 1.56. The van der Waals surface area contributed by atoms with Gasteiger partial charge in [-0.15, -0.1) is 11.3 Å². The molecule has 2 N–H and O–H groups in total. The molecule has 0 aliphatic heterocycles. The molecule has 14 heavy (non-hydrogen) atoms. The van der Waals surface area contributed by atoms with E-state index in [4.69, 9.17) is 5.73 Å². The number of carbonyl (C=O) groups is 1. The Labute approximate surface area is 87.7 Å². The molecule has 1 amide bonds. The van der Waals surface area contributed by atoms with Crippen LogP contribution < -0.4 is 5.73 Å². The Morgan fingerprint density at radius 1 is 1.79 bits per heavy atom. The van der Waals surface area contributed by atoms with Gasteiger partial charge in [-0.25, -0.2) is 4.98 Å². The van der Waals surface area contributed by atoms with Gasteiger partial charge >= 0.3 is 0 Å². The molecule has 1 aromatic heterocycles. The van der Waals surface area contributed by atoms with Crippen molar-refractivity contribution in [3.8, 4) is 0 Å². The third kappa shape index (κ3) is 2.52. The van der Waals surface area contributed by atoms with Crippen LogP contribution in [-0.2, 0) is 11.3 Å². The normalized spacial score (nSPS) is 12.6. The molecule has 0 unspecified atom stereocenters. The average molecular weight is 213 g/mol. The van der Waals surface area contributed by atoms with Gasteiger partial charge in [0.05, 0.1) is 23.8 Å². The Bertz CT molecular complexity index is 322. The Morgan fingerprint density at radius 2 is 2.43 bits per heavy atom. The summed E-state index contributed by atoms with van der Waals surface area (Å²) in [4.78, 5) is 18.3. The van der Waals surface area contributed by atoms with Gasteiger partial charge in [-0.1, -0.05) is 0 Å². The predicted octanol–water partition coefficient (Wildman–Crippen LogP) is 0.757. The number of nitrogens with zero attached hydrogens (tertiary/aromatic N) is 2. The smallest absolute Gasteiger partial charge is 0.239 e. The highest BCUT2D eigenvalue weighted by Crippen LogP contribution is 2.14. The summed E-state index contributed by atoms with van der Waals surface area (Å²) in [6.45, 7) is 4.23. The first-order valence-electron chi connectivity index (χ1n) is 4.42. The van der Waals surface area contributed by atoms with E-state index in [1.165, 1.54) is 0 Å². The molecular formula is C9H15N3OS. The summed E-state index contributed by atoms with van der Waals surface area (Å²) in [6, 6.07) is -0.437. The lowest BCUT2D eigenvalue weighted by Gasteiger charge is -2.18. The van der Waals surface area contributed by atoms with Gasteiger partial charge < -0.3 is 10.6 Å². The van der Waals surface area contributed by atoms with Crippen molar-refractivity contribution in [1.29, 1.82) is 0 Å². The number of amides is 1. The molecule has 0 bridgehead atoms. The number of thiazole rings is 1. The highest BCUT2D eigenvalue weighted by Gasteiger charge is 2.14. The molecule has 78 valence electrons. The molecule has 0 aliphatic rings. The fourth-order valence-electron chi connectivity index (χ4n) is 1.12. The molecule has 0 aliphatic carbocycles. The number of hydrogen-bond acceptors (Lipinski definition) is 4. The van der Waals surface area contributed by atoms with E-state index in [9.17, 15) is 4.79 Å². The number of carbonyl (C=O) groups excluding carboxylic acids is 1. The molecule has 5 heteroatoms. The van der Waals surface area contributed by atoms with E-state index in [0.717, 1.165) is 10.6 Å². The van der Waals surface area contributed by atoms with Crippen molar-refractivity contribution < 1.29 is 4.79 Å². The van der Waals surface area contributed by atoms with Crippen LogP contribution in [0.25, 0.3) is 0 Å². The Hall–Kier alpha value is -0.940. The van der Waals surface area contributed by atoms with E-state index in [-0.39, 0.29) is 5.91 Å². The van der Waals surface area contributed by atoms with E-state index >= 15 is 0 Å². The molecule has 1 rings (SSSR count). The minimum absolute atomic E-state index is 0.0437. The number of likely N-dealkylation sites (N-methyl/N-ethyl adjacent to an activating group) is 1. The van der Waals surface area contributed by atoms with Crippen molar-refractivity contribution in [2.24, 2.45) is 5.73 Å². The molecule has 0 saturated carbocycles. The molecule has 1 atom stereocenters. The van der Waals surface area contributed by atoms with Crippen LogP contribution in [0.1, 0.15) is 17.5 Å². The van der Waals surface area contributed by atoms with Crippen LogP contribution in [0.2, 0.25) is 0 Å². The van der Waals surface area contributed by atoms with Crippen LogP contribution in [0.3, 0.4) is 0 Å². The molecule has 1 aromatic rings. The highest BCUT2D eigenvalue weighted by molar-refractivity contribution is 7.09. The van der Waals surface area contributed by atoms with E-state index in [2.05, 4.69) is 4.98 Å². The largest absolute Gasteiger partial charge is 0.339 e. The second kappa shape index (κ2) is 4.52. The number of nitrogens with two attached hydrogens (primary N) is 1. The Kier molecular flexibility index (Phi) is 3.60. The van der Waals surface area contributed by atoms with Gasteiger partial charge in [-0.05, 0) is 13.8 Å². The second-order valence-electron chi connectivity index (χ2n) is 3.34. The van der Waals surface area contributed by atoms with Crippen LogP contribution in [0, 0.1) is 6.92 Å². The third-order valence-electron chi connectivity index (χ3n) is 1.99. The lowest BCUT2D eigenvalue weighted by Crippen LogP contribution is -2.39. The van der Waals surface area contributed by atoms with E-state index in [1.807, 2.05) is 6.92 Å². The number of aromatic nitrogens is 1. The van der Waals surface area contributed by atoms with Crippen molar-refractivity contribution >= 4 is 17.2 Å². The maximum Gasteiger partial charge on any atom is 0.239 e. The van der Waals surface area contributed by atoms with Crippen LogP contribution in [-0.4, -0.2) is 28.9 Å². The number of aryl methyl sites for hydroxylation is 1. The van der Waals surface area contributed by atoms with Crippen LogP contribution >= 0.6 is 11.3 Å². The van der Waals surface area contributed by atoms with E-state index < -0.39 is 6.04 Å².